The van der Waals surface area contributed by atoms with E-state index in [1.165, 1.54) is 30.3 Å². The van der Waals surface area contributed by atoms with Crippen molar-refractivity contribution < 1.29 is 13.2 Å². The molecule has 2 aromatic rings. The first kappa shape index (κ1) is 26.9. The molecule has 0 amide bonds. The molecule has 0 N–H and O–H groups in total. The first-order valence-electron chi connectivity index (χ1n) is 7.07. The van der Waals surface area contributed by atoms with Crippen molar-refractivity contribution in [3.63, 3.8) is 0 Å². The third-order valence-corrected chi connectivity index (χ3v) is 4.85. The average molecular weight is 504 g/mol. The second kappa shape index (κ2) is 12.4. The Bertz CT molecular complexity index is 961. The Hall–Kier alpha value is -1.13. The molecule has 0 aliphatic rings. The molecule has 2 rings (SSSR count). The highest BCUT2D eigenvalue weighted by atomic mass is 35.7. The zero-order chi connectivity index (χ0) is 20.6. The van der Waals surface area contributed by atoms with Crippen molar-refractivity contribution >= 4 is 66.1 Å². The molecule has 0 aliphatic carbocycles. The molecule has 0 aliphatic heterocycles. The van der Waals surface area contributed by atoms with Crippen molar-refractivity contribution in [2.45, 2.75) is 19.2 Å². The van der Waals surface area contributed by atoms with Crippen molar-refractivity contribution in [1.29, 1.82) is 5.26 Å². The van der Waals surface area contributed by atoms with Crippen molar-refractivity contribution in [1.82, 2.24) is 0 Å². The molecule has 4 nitrogen and oxygen atoms in total. The molecule has 0 saturated heterocycles. The number of rotatable bonds is 4. The standard InChI is InChI=1S/C13H6Cl3NO3S.C4H6Cl2.CH4/c14-9-4-10(15)6-11(5-9)20-12-2-1-8(7-17)3-13(12)21(16,18)19;1-4(6)2-3-5;/h1-6H;2H,3H2,1H3;1H4/b;4-2+;. The SMILES string of the molecule is C.C/C(Cl)=C\CCl.N#Cc1ccc(Oc2cc(Cl)cc(Cl)c2)c(S(=O)(=O)Cl)c1. The van der Waals surface area contributed by atoms with Gasteiger partial charge < -0.3 is 4.74 Å². The Morgan fingerprint density at radius 1 is 1.18 bits per heavy atom. The summed E-state index contributed by atoms with van der Waals surface area (Å²) in [7, 11) is 1.28. The summed E-state index contributed by atoms with van der Waals surface area (Å²) in [5.74, 6) is 0.733. The summed E-state index contributed by atoms with van der Waals surface area (Å²) < 4.78 is 28.6. The summed E-state index contributed by atoms with van der Waals surface area (Å²) in [5.41, 5.74) is 0.144. The molecule has 0 spiro atoms. The van der Waals surface area contributed by atoms with Gasteiger partial charge in [-0.1, -0.05) is 48.3 Å². The second-order valence-corrected chi connectivity index (χ2v) is 9.18. The first-order chi connectivity index (χ1) is 12.6. The second-order valence-electron chi connectivity index (χ2n) is 4.86. The monoisotopic (exact) mass is 501 g/mol. The molecule has 10 heteroatoms. The maximum atomic E-state index is 11.6. The van der Waals surface area contributed by atoms with E-state index in [-0.39, 0.29) is 29.4 Å². The van der Waals surface area contributed by atoms with Gasteiger partial charge in [0.05, 0.1) is 11.6 Å². The third-order valence-electron chi connectivity index (χ3n) is 2.76. The van der Waals surface area contributed by atoms with Gasteiger partial charge in [0.2, 0.25) is 0 Å². The van der Waals surface area contributed by atoms with Gasteiger partial charge in [0.15, 0.2) is 0 Å². The van der Waals surface area contributed by atoms with Crippen LogP contribution in [0.3, 0.4) is 0 Å². The van der Waals surface area contributed by atoms with E-state index >= 15 is 0 Å². The van der Waals surface area contributed by atoms with Crippen LogP contribution in [0, 0.1) is 11.3 Å². The number of hydrogen-bond acceptors (Lipinski definition) is 4. The van der Waals surface area contributed by atoms with E-state index in [0.29, 0.717) is 15.9 Å². The van der Waals surface area contributed by atoms with Crippen LogP contribution in [0.15, 0.2) is 52.4 Å². The van der Waals surface area contributed by atoms with E-state index in [1.807, 2.05) is 6.07 Å². The van der Waals surface area contributed by atoms with Crippen molar-refractivity contribution in [3.05, 3.63) is 63.1 Å². The molecule has 28 heavy (non-hydrogen) atoms. The van der Waals surface area contributed by atoms with Gasteiger partial charge in [-0.25, -0.2) is 8.42 Å². The summed E-state index contributed by atoms with van der Waals surface area (Å²) in [6.07, 6.45) is 1.74. The fourth-order valence-electron chi connectivity index (χ4n) is 1.67. The lowest BCUT2D eigenvalue weighted by molar-refractivity contribution is 0.468. The molecule has 152 valence electrons. The Morgan fingerprint density at radius 2 is 1.75 bits per heavy atom. The Labute approximate surface area is 189 Å². The summed E-state index contributed by atoms with van der Waals surface area (Å²) in [6, 6.07) is 10.1. The molecule has 0 unspecified atom stereocenters. The summed E-state index contributed by atoms with van der Waals surface area (Å²) >= 11 is 22.3. The van der Waals surface area contributed by atoms with Crippen LogP contribution in [-0.2, 0) is 9.05 Å². The number of nitrogens with zero attached hydrogens (tertiary/aromatic N) is 1. The highest BCUT2D eigenvalue weighted by Crippen LogP contribution is 2.34. The van der Waals surface area contributed by atoms with E-state index in [4.69, 9.17) is 67.1 Å². The summed E-state index contributed by atoms with van der Waals surface area (Å²) in [4.78, 5) is -0.306. The van der Waals surface area contributed by atoms with Crippen molar-refractivity contribution in [3.8, 4) is 17.6 Å². The molecule has 0 aromatic heterocycles. The van der Waals surface area contributed by atoms with Gasteiger partial charge in [-0.2, -0.15) is 5.26 Å². The fourth-order valence-corrected chi connectivity index (χ4v) is 3.55. The van der Waals surface area contributed by atoms with Crippen LogP contribution in [0.5, 0.6) is 11.5 Å². The lowest BCUT2D eigenvalue weighted by atomic mass is 10.2. The summed E-state index contributed by atoms with van der Waals surface area (Å²) in [5, 5.41) is 10.2. The lowest BCUT2D eigenvalue weighted by Crippen LogP contribution is -1.97. The van der Waals surface area contributed by atoms with E-state index in [2.05, 4.69) is 0 Å². The predicted molar refractivity (Wildman–Crippen MR) is 118 cm³/mol. The molecule has 0 heterocycles. The van der Waals surface area contributed by atoms with E-state index in [0.717, 1.165) is 11.1 Å². The number of nitriles is 1. The summed E-state index contributed by atoms with van der Waals surface area (Å²) in [6.45, 7) is 1.80. The molecular weight excluding hydrogens is 488 g/mol. The number of halogens is 5. The molecule has 0 fully saturated rings. The van der Waals surface area contributed by atoms with Gasteiger partial charge in [-0.3, -0.25) is 0 Å². The predicted octanol–water partition coefficient (Wildman–Crippen LogP) is 7.59. The number of hydrogen-bond donors (Lipinski definition) is 0. The Morgan fingerprint density at radius 3 is 2.14 bits per heavy atom. The van der Waals surface area contributed by atoms with Gasteiger partial charge >= 0.3 is 0 Å². The van der Waals surface area contributed by atoms with E-state index < -0.39 is 9.05 Å². The number of alkyl halides is 1. The van der Waals surface area contributed by atoms with Gasteiger partial charge in [0, 0.05) is 31.6 Å². The van der Waals surface area contributed by atoms with Gasteiger partial charge in [0.25, 0.3) is 9.05 Å². The molecule has 0 saturated carbocycles. The first-order valence-corrected chi connectivity index (χ1v) is 11.1. The van der Waals surface area contributed by atoms with Gasteiger partial charge in [0.1, 0.15) is 16.4 Å². The van der Waals surface area contributed by atoms with Crippen LogP contribution in [0.4, 0.5) is 0 Å². The van der Waals surface area contributed by atoms with Gasteiger partial charge in [-0.05, 0) is 43.3 Å². The van der Waals surface area contributed by atoms with Crippen molar-refractivity contribution in [2.24, 2.45) is 0 Å². The minimum absolute atomic E-state index is 0. The van der Waals surface area contributed by atoms with Crippen LogP contribution in [0.2, 0.25) is 10.0 Å². The zero-order valence-corrected chi connectivity index (χ0v) is 18.3. The number of ether oxygens (including phenoxy) is 1. The number of allylic oxidation sites excluding steroid dienone is 2. The minimum atomic E-state index is -4.08. The van der Waals surface area contributed by atoms with Crippen molar-refractivity contribution in [2.75, 3.05) is 5.88 Å². The molecule has 0 bridgehead atoms. The van der Waals surface area contributed by atoms with Gasteiger partial charge in [-0.15, -0.1) is 11.6 Å². The number of benzene rings is 2. The smallest absolute Gasteiger partial charge is 0.265 e. The lowest BCUT2D eigenvalue weighted by Gasteiger charge is -2.10. The fraction of sp³-hybridized carbons (Fsp3) is 0.167. The van der Waals surface area contributed by atoms with Crippen LogP contribution >= 0.6 is 57.1 Å². The Kier molecular flexibility index (Phi) is 11.9. The van der Waals surface area contributed by atoms with Crippen LogP contribution in [-0.4, -0.2) is 14.3 Å². The average Bonchev–Trinajstić information content (AvgIpc) is 2.53. The molecule has 2 aromatic carbocycles. The topological polar surface area (TPSA) is 67.2 Å². The third kappa shape index (κ3) is 9.38. The quantitative estimate of drug-likeness (QED) is 0.318. The van der Waals surface area contributed by atoms with Crippen LogP contribution in [0.1, 0.15) is 19.9 Å². The largest absolute Gasteiger partial charge is 0.456 e. The normalized spacial score (nSPS) is 10.8. The highest BCUT2D eigenvalue weighted by Gasteiger charge is 2.18. The van der Waals surface area contributed by atoms with Crippen LogP contribution < -0.4 is 4.74 Å². The van der Waals surface area contributed by atoms with E-state index in [1.54, 1.807) is 13.0 Å². The van der Waals surface area contributed by atoms with E-state index in [9.17, 15) is 8.42 Å². The molecular formula is C18H16Cl5NO3S. The zero-order valence-electron chi connectivity index (χ0n) is 13.7. The highest BCUT2D eigenvalue weighted by molar-refractivity contribution is 8.13. The maximum absolute atomic E-state index is 11.6. The van der Waals surface area contributed by atoms with Crippen LogP contribution in [0.25, 0.3) is 0 Å². The maximum Gasteiger partial charge on any atom is 0.265 e. The minimum Gasteiger partial charge on any atom is -0.456 e. The molecule has 0 radical (unpaired) electrons. The Balaban J connectivity index is 0.000000910. The molecule has 0 atom stereocenters.